The Morgan fingerprint density at radius 3 is 2.40 bits per heavy atom. The SMILES string of the molecule is CC=CC=CN1CCCC1. The molecule has 0 aromatic rings. The molecule has 56 valence electrons. The first kappa shape index (κ1) is 7.39. The van der Waals surface area contributed by atoms with Crippen LogP contribution in [0.3, 0.4) is 0 Å². The summed E-state index contributed by atoms with van der Waals surface area (Å²) >= 11 is 0. The number of likely N-dealkylation sites (tertiary alicyclic amines) is 1. The molecule has 0 aromatic heterocycles. The normalized spacial score (nSPS) is 19.9. The first-order valence-corrected chi connectivity index (χ1v) is 3.97. The highest BCUT2D eigenvalue weighted by atomic mass is 15.1. The lowest BCUT2D eigenvalue weighted by Crippen LogP contribution is -2.09. The number of hydrogen-bond donors (Lipinski definition) is 0. The molecule has 1 rings (SSSR count). The van der Waals surface area contributed by atoms with Gasteiger partial charge in [0.1, 0.15) is 0 Å². The maximum absolute atomic E-state index is 2.36. The van der Waals surface area contributed by atoms with E-state index in [9.17, 15) is 0 Å². The van der Waals surface area contributed by atoms with E-state index < -0.39 is 0 Å². The Kier molecular flexibility index (Phi) is 3.07. The largest absolute Gasteiger partial charge is 0.377 e. The summed E-state index contributed by atoms with van der Waals surface area (Å²) in [5.74, 6) is 0. The average molecular weight is 137 g/mol. The zero-order chi connectivity index (χ0) is 7.23. The van der Waals surface area contributed by atoms with E-state index in [-0.39, 0.29) is 0 Å². The van der Waals surface area contributed by atoms with Crippen LogP contribution >= 0.6 is 0 Å². The molecule has 1 aliphatic heterocycles. The molecule has 0 saturated carbocycles. The van der Waals surface area contributed by atoms with E-state index >= 15 is 0 Å². The van der Waals surface area contributed by atoms with Gasteiger partial charge in [0.2, 0.25) is 0 Å². The molecule has 0 bridgehead atoms. The maximum atomic E-state index is 2.36. The second-order valence-corrected chi connectivity index (χ2v) is 2.61. The highest BCUT2D eigenvalue weighted by Gasteiger charge is 2.04. The first-order valence-electron chi connectivity index (χ1n) is 3.97. The van der Waals surface area contributed by atoms with Gasteiger partial charge < -0.3 is 4.90 Å². The quantitative estimate of drug-likeness (QED) is 0.527. The predicted molar refractivity (Wildman–Crippen MR) is 44.8 cm³/mol. The fraction of sp³-hybridized carbons (Fsp3) is 0.556. The Balaban J connectivity index is 2.22. The van der Waals surface area contributed by atoms with Crippen LogP contribution in [0, 0.1) is 0 Å². The molecule has 1 nitrogen and oxygen atoms in total. The summed E-state index contributed by atoms with van der Waals surface area (Å²) in [5.41, 5.74) is 0. The second-order valence-electron chi connectivity index (χ2n) is 2.61. The topological polar surface area (TPSA) is 3.24 Å². The summed E-state index contributed by atoms with van der Waals surface area (Å²) < 4.78 is 0. The third kappa shape index (κ3) is 2.26. The van der Waals surface area contributed by atoms with Gasteiger partial charge in [0.15, 0.2) is 0 Å². The van der Waals surface area contributed by atoms with Crippen LogP contribution in [0.2, 0.25) is 0 Å². The van der Waals surface area contributed by atoms with Gasteiger partial charge in [-0.05, 0) is 32.0 Å². The van der Waals surface area contributed by atoms with Crippen molar-refractivity contribution in [3.63, 3.8) is 0 Å². The van der Waals surface area contributed by atoms with Crippen molar-refractivity contribution >= 4 is 0 Å². The van der Waals surface area contributed by atoms with E-state index in [1.165, 1.54) is 25.9 Å². The van der Waals surface area contributed by atoms with Crippen LogP contribution in [0.5, 0.6) is 0 Å². The van der Waals surface area contributed by atoms with Crippen molar-refractivity contribution in [2.45, 2.75) is 19.8 Å². The molecule has 1 heterocycles. The van der Waals surface area contributed by atoms with Gasteiger partial charge in [-0.1, -0.05) is 12.2 Å². The highest BCUT2D eigenvalue weighted by Crippen LogP contribution is 2.06. The fourth-order valence-corrected chi connectivity index (χ4v) is 1.17. The van der Waals surface area contributed by atoms with E-state index in [0.29, 0.717) is 0 Å². The summed E-state index contributed by atoms with van der Waals surface area (Å²) in [6.45, 7) is 4.52. The first-order chi connectivity index (χ1) is 4.93. The lowest BCUT2D eigenvalue weighted by molar-refractivity contribution is 0.468. The van der Waals surface area contributed by atoms with Gasteiger partial charge in [0.25, 0.3) is 0 Å². The Bertz CT molecular complexity index is 130. The Morgan fingerprint density at radius 1 is 1.10 bits per heavy atom. The van der Waals surface area contributed by atoms with Crippen molar-refractivity contribution < 1.29 is 0 Å². The Labute approximate surface area is 63.0 Å². The third-order valence-electron chi connectivity index (χ3n) is 1.74. The molecule has 0 N–H and O–H groups in total. The third-order valence-corrected chi connectivity index (χ3v) is 1.74. The van der Waals surface area contributed by atoms with Crippen LogP contribution in [0.1, 0.15) is 19.8 Å². The lowest BCUT2D eigenvalue weighted by Gasteiger charge is -2.08. The molecule has 0 unspecified atom stereocenters. The van der Waals surface area contributed by atoms with Crippen molar-refractivity contribution in [1.82, 2.24) is 4.90 Å². The molecular weight excluding hydrogens is 122 g/mol. The van der Waals surface area contributed by atoms with E-state index in [4.69, 9.17) is 0 Å². The van der Waals surface area contributed by atoms with Crippen LogP contribution in [0.4, 0.5) is 0 Å². The van der Waals surface area contributed by atoms with Crippen molar-refractivity contribution in [2.75, 3.05) is 13.1 Å². The highest BCUT2D eigenvalue weighted by molar-refractivity contribution is 5.01. The molecule has 1 heteroatoms. The molecule has 0 amide bonds. The molecule has 0 atom stereocenters. The second kappa shape index (κ2) is 4.15. The zero-order valence-corrected chi connectivity index (χ0v) is 6.59. The van der Waals surface area contributed by atoms with E-state index in [2.05, 4.69) is 23.3 Å². The summed E-state index contributed by atoms with van der Waals surface area (Å²) in [5, 5.41) is 0. The smallest absolute Gasteiger partial charge is 0.0173 e. The molecule has 0 aliphatic carbocycles. The van der Waals surface area contributed by atoms with Gasteiger partial charge in [-0.2, -0.15) is 0 Å². The van der Waals surface area contributed by atoms with E-state index in [1.54, 1.807) is 0 Å². The minimum atomic E-state index is 1.24. The molecule has 0 radical (unpaired) electrons. The van der Waals surface area contributed by atoms with Crippen molar-refractivity contribution in [1.29, 1.82) is 0 Å². The summed E-state index contributed by atoms with van der Waals surface area (Å²) in [7, 11) is 0. The molecule has 10 heavy (non-hydrogen) atoms. The minimum Gasteiger partial charge on any atom is -0.377 e. The molecule has 1 aliphatic rings. The molecular formula is C9H15N. The molecule has 1 fully saturated rings. The summed E-state index contributed by atoms with van der Waals surface area (Å²) in [4.78, 5) is 2.36. The number of rotatable bonds is 2. The Hall–Kier alpha value is -0.720. The van der Waals surface area contributed by atoms with Crippen molar-refractivity contribution in [2.24, 2.45) is 0 Å². The van der Waals surface area contributed by atoms with Gasteiger partial charge in [0, 0.05) is 13.1 Å². The Morgan fingerprint density at radius 2 is 1.80 bits per heavy atom. The van der Waals surface area contributed by atoms with Crippen molar-refractivity contribution in [3.8, 4) is 0 Å². The standard InChI is InChI=1S/C9H15N/c1-2-3-4-7-10-8-5-6-9-10/h2-4,7H,5-6,8-9H2,1H3. The summed E-state index contributed by atoms with van der Waals surface area (Å²) in [6.07, 6.45) is 11.1. The zero-order valence-electron chi connectivity index (χ0n) is 6.59. The predicted octanol–water partition coefficient (Wildman–Crippen LogP) is 2.17. The van der Waals surface area contributed by atoms with E-state index in [0.717, 1.165) is 0 Å². The van der Waals surface area contributed by atoms with Crippen LogP contribution < -0.4 is 0 Å². The van der Waals surface area contributed by atoms with Gasteiger partial charge >= 0.3 is 0 Å². The van der Waals surface area contributed by atoms with Crippen LogP contribution in [0.25, 0.3) is 0 Å². The molecule has 0 spiro atoms. The van der Waals surface area contributed by atoms with Gasteiger partial charge in [-0.3, -0.25) is 0 Å². The molecule has 1 saturated heterocycles. The van der Waals surface area contributed by atoms with Gasteiger partial charge in [-0.15, -0.1) is 0 Å². The van der Waals surface area contributed by atoms with Crippen LogP contribution in [-0.2, 0) is 0 Å². The van der Waals surface area contributed by atoms with Crippen LogP contribution in [0.15, 0.2) is 24.4 Å². The van der Waals surface area contributed by atoms with Gasteiger partial charge in [0.05, 0.1) is 0 Å². The number of hydrogen-bond acceptors (Lipinski definition) is 1. The fourth-order valence-electron chi connectivity index (χ4n) is 1.17. The average Bonchev–Trinajstić information content (AvgIpc) is 2.41. The van der Waals surface area contributed by atoms with E-state index in [1.807, 2.05) is 13.0 Å². The monoisotopic (exact) mass is 137 g/mol. The van der Waals surface area contributed by atoms with Gasteiger partial charge in [-0.25, -0.2) is 0 Å². The van der Waals surface area contributed by atoms with Crippen molar-refractivity contribution in [3.05, 3.63) is 24.4 Å². The minimum absolute atomic E-state index is 1.24. The maximum Gasteiger partial charge on any atom is 0.0173 e. The number of nitrogens with zero attached hydrogens (tertiary/aromatic N) is 1. The number of allylic oxidation sites excluding steroid dienone is 3. The lowest BCUT2D eigenvalue weighted by atomic mass is 10.4. The summed E-state index contributed by atoms with van der Waals surface area (Å²) in [6, 6.07) is 0. The van der Waals surface area contributed by atoms with Crippen LogP contribution in [-0.4, -0.2) is 18.0 Å². The molecule has 0 aromatic carbocycles.